The Hall–Kier alpha value is -2.17. The number of amides is 1. The zero-order valence-electron chi connectivity index (χ0n) is 14.9. The molecule has 3 heterocycles. The summed E-state index contributed by atoms with van der Waals surface area (Å²) in [6.45, 7) is -0.985. The molecule has 1 fully saturated rings. The van der Waals surface area contributed by atoms with E-state index in [1.165, 1.54) is 11.3 Å². The monoisotopic (exact) mass is 423 g/mol. The minimum Gasteiger partial charge on any atom is -0.303 e. The lowest BCUT2D eigenvalue weighted by Crippen LogP contribution is -2.41. The van der Waals surface area contributed by atoms with Crippen LogP contribution in [0.15, 0.2) is 35.8 Å². The van der Waals surface area contributed by atoms with Gasteiger partial charge in [0.1, 0.15) is 0 Å². The Labute approximate surface area is 169 Å². The zero-order chi connectivity index (χ0) is 19.7. The molecule has 0 aliphatic carbocycles. The third kappa shape index (κ3) is 3.71. The summed E-state index contributed by atoms with van der Waals surface area (Å²) >= 11 is 6.71. The van der Waals surface area contributed by atoms with Crippen molar-refractivity contribution >= 4 is 45.6 Å². The largest absolute Gasteiger partial charge is 0.321 e. The molecule has 0 spiro atoms. The van der Waals surface area contributed by atoms with E-state index in [2.05, 4.69) is 15.2 Å². The van der Waals surface area contributed by atoms with Crippen LogP contribution < -0.4 is 5.32 Å². The highest BCUT2D eigenvalue weighted by Gasteiger charge is 2.27. The van der Waals surface area contributed by atoms with Crippen LogP contribution in [0.4, 0.5) is 13.9 Å². The van der Waals surface area contributed by atoms with Crippen LogP contribution in [0.3, 0.4) is 0 Å². The molecule has 0 saturated carbocycles. The van der Waals surface area contributed by atoms with Crippen molar-refractivity contribution in [1.82, 2.24) is 19.0 Å². The van der Waals surface area contributed by atoms with E-state index in [0.717, 1.165) is 24.0 Å². The third-order valence-electron chi connectivity index (χ3n) is 4.94. The Balaban J connectivity index is 1.54. The Kier molecular flexibility index (Phi) is 5.51. The number of nitrogens with zero attached hydrogens (tertiary/aromatic N) is 4. The first-order chi connectivity index (χ1) is 13.5. The van der Waals surface area contributed by atoms with E-state index < -0.39 is 6.55 Å². The van der Waals surface area contributed by atoms with Crippen LogP contribution in [0.5, 0.6) is 0 Å². The van der Waals surface area contributed by atoms with Crippen molar-refractivity contribution in [3.8, 4) is 0 Å². The van der Waals surface area contributed by atoms with Gasteiger partial charge in [0.05, 0.1) is 23.6 Å². The third-order valence-corrected chi connectivity index (χ3v) is 6.05. The van der Waals surface area contributed by atoms with Gasteiger partial charge in [-0.15, -0.1) is 11.3 Å². The molecule has 1 saturated heterocycles. The zero-order valence-corrected chi connectivity index (χ0v) is 16.6. The maximum atomic E-state index is 13.5. The fourth-order valence-corrected chi connectivity index (χ4v) is 4.51. The predicted octanol–water partition coefficient (Wildman–Crippen LogP) is 4.33. The van der Waals surface area contributed by atoms with Crippen molar-refractivity contribution in [3.05, 3.63) is 40.6 Å². The molecule has 4 rings (SSSR count). The SMILES string of the molecule is O=C(Nc1nccs1)[C@H]1CCCN(Cn2c(=S)n(C(F)F)c3ccccc32)C1. The number of carbonyl (C=O) groups is 1. The van der Waals surface area contributed by atoms with Crippen molar-refractivity contribution in [3.63, 3.8) is 0 Å². The van der Waals surface area contributed by atoms with Gasteiger partial charge < -0.3 is 9.88 Å². The molecule has 0 unspecified atom stereocenters. The number of thiazole rings is 1. The maximum Gasteiger partial charge on any atom is 0.321 e. The smallest absolute Gasteiger partial charge is 0.303 e. The summed E-state index contributed by atoms with van der Waals surface area (Å²) in [7, 11) is 0. The van der Waals surface area contributed by atoms with E-state index in [1.54, 1.807) is 29.0 Å². The second-order valence-electron chi connectivity index (χ2n) is 6.73. The number of benzene rings is 1. The van der Waals surface area contributed by atoms with Crippen molar-refractivity contribution < 1.29 is 13.6 Å². The summed E-state index contributed by atoms with van der Waals surface area (Å²) in [4.78, 5) is 18.7. The van der Waals surface area contributed by atoms with Crippen LogP contribution in [0.1, 0.15) is 19.4 Å². The standard InChI is InChI=1S/C18H19F2N5OS2/c19-16(20)25-14-6-2-1-5-13(14)24(18(25)27)11-23-8-3-4-12(10-23)15(26)22-17-21-7-9-28-17/h1-2,5-7,9,12,16H,3-4,8,10-11H2,(H,21,22,26)/t12-/m0/s1. The number of fused-ring (bicyclic) bond motifs is 1. The van der Waals surface area contributed by atoms with Gasteiger partial charge in [-0.2, -0.15) is 8.78 Å². The van der Waals surface area contributed by atoms with E-state index in [9.17, 15) is 13.6 Å². The molecule has 1 atom stereocenters. The number of alkyl halides is 2. The van der Waals surface area contributed by atoms with Crippen LogP contribution in [-0.4, -0.2) is 38.0 Å². The minimum absolute atomic E-state index is 0.0572. The normalized spacial score (nSPS) is 18.0. The highest BCUT2D eigenvalue weighted by atomic mass is 32.1. The molecule has 1 aliphatic heterocycles. The minimum atomic E-state index is -2.70. The Bertz CT molecular complexity index is 1030. The van der Waals surface area contributed by atoms with Gasteiger partial charge in [0.2, 0.25) is 5.91 Å². The summed E-state index contributed by atoms with van der Waals surface area (Å²) in [5.41, 5.74) is 1.08. The van der Waals surface area contributed by atoms with Gasteiger partial charge in [-0.05, 0) is 43.7 Å². The molecule has 0 radical (unpaired) electrons. The van der Waals surface area contributed by atoms with Crippen molar-refractivity contribution in [2.24, 2.45) is 5.92 Å². The number of hydrogen-bond acceptors (Lipinski definition) is 5. The molecule has 6 nitrogen and oxygen atoms in total. The van der Waals surface area contributed by atoms with Gasteiger partial charge in [0.25, 0.3) is 0 Å². The first-order valence-corrected chi connectivity index (χ1v) is 10.2. The Morgan fingerprint density at radius 3 is 2.86 bits per heavy atom. The number of rotatable bonds is 5. The molecule has 0 bridgehead atoms. The summed E-state index contributed by atoms with van der Waals surface area (Å²) < 4.78 is 29.7. The molecule has 148 valence electrons. The number of aromatic nitrogens is 3. The topological polar surface area (TPSA) is 55.1 Å². The first kappa shape index (κ1) is 19.2. The van der Waals surface area contributed by atoms with Gasteiger partial charge in [0, 0.05) is 18.1 Å². The molecule has 1 aliphatic rings. The highest BCUT2D eigenvalue weighted by Crippen LogP contribution is 2.26. The molecule has 1 aromatic carbocycles. The van der Waals surface area contributed by atoms with Crippen LogP contribution in [0.2, 0.25) is 0 Å². The molecular formula is C18H19F2N5OS2. The lowest BCUT2D eigenvalue weighted by molar-refractivity contribution is -0.121. The number of hydrogen-bond donors (Lipinski definition) is 1. The highest BCUT2D eigenvalue weighted by molar-refractivity contribution is 7.71. The van der Waals surface area contributed by atoms with Crippen LogP contribution >= 0.6 is 23.6 Å². The number of carbonyl (C=O) groups excluding carboxylic acids is 1. The molecule has 3 aromatic rings. The second kappa shape index (κ2) is 8.06. The van der Waals surface area contributed by atoms with E-state index >= 15 is 0 Å². The summed E-state index contributed by atoms with van der Waals surface area (Å²) in [6.07, 6.45) is 3.29. The summed E-state index contributed by atoms with van der Waals surface area (Å²) in [6, 6.07) is 6.97. The van der Waals surface area contributed by atoms with Gasteiger partial charge >= 0.3 is 6.55 Å². The molecule has 2 aromatic heterocycles. The lowest BCUT2D eigenvalue weighted by Gasteiger charge is -2.32. The number of likely N-dealkylation sites (tertiary alicyclic amines) is 1. The van der Waals surface area contributed by atoms with E-state index in [-0.39, 0.29) is 16.6 Å². The number of imidazole rings is 1. The Morgan fingerprint density at radius 2 is 2.14 bits per heavy atom. The molecule has 28 heavy (non-hydrogen) atoms. The number of anilines is 1. The molecule has 10 heteroatoms. The summed E-state index contributed by atoms with van der Waals surface area (Å²) in [5.74, 6) is -0.228. The van der Waals surface area contributed by atoms with Crippen molar-refractivity contribution in [2.75, 3.05) is 18.4 Å². The van der Waals surface area contributed by atoms with Crippen LogP contribution in [0.25, 0.3) is 11.0 Å². The second-order valence-corrected chi connectivity index (χ2v) is 7.99. The van der Waals surface area contributed by atoms with E-state index in [1.807, 2.05) is 11.4 Å². The summed E-state index contributed by atoms with van der Waals surface area (Å²) in [5, 5.41) is 5.24. The number of para-hydroxylation sites is 2. The molecular weight excluding hydrogens is 404 g/mol. The van der Waals surface area contributed by atoms with Crippen molar-refractivity contribution in [1.29, 1.82) is 0 Å². The number of nitrogens with one attached hydrogen (secondary N) is 1. The average molecular weight is 424 g/mol. The fourth-order valence-electron chi connectivity index (χ4n) is 3.65. The van der Waals surface area contributed by atoms with Crippen LogP contribution in [0, 0.1) is 10.7 Å². The average Bonchev–Trinajstić information content (AvgIpc) is 3.28. The first-order valence-electron chi connectivity index (χ1n) is 8.95. The van der Waals surface area contributed by atoms with Crippen LogP contribution in [-0.2, 0) is 11.5 Å². The fraction of sp³-hybridized carbons (Fsp3) is 0.389. The maximum absolute atomic E-state index is 13.5. The molecule has 1 amide bonds. The van der Waals surface area contributed by atoms with E-state index in [4.69, 9.17) is 12.2 Å². The van der Waals surface area contributed by atoms with E-state index in [0.29, 0.717) is 29.4 Å². The molecule has 1 N–H and O–H groups in total. The van der Waals surface area contributed by atoms with Gasteiger partial charge in [-0.25, -0.2) is 4.98 Å². The Morgan fingerprint density at radius 1 is 1.36 bits per heavy atom. The lowest BCUT2D eigenvalue weighted by atomic mass is 9.97. The number of halogens is 2. The van der Waals surface area contributed by atoms with Gasteiger partial charge in [-0.3, -0.25) is 14.3 Å². The quantitative estimate of drug-likeness (QED) is 0.621. The van der Waals surface area contributed by atoms with Crippen molar-refractivity contribution in [2.45, 2.75) is 26.1 Å². The predicted molar refractivity (Wildman–Crippen MR) is 107 cm³/mol. The van der Waals surface area contributed by atoms with Gasteiger partial charge in [0.15, 0.2) is 9.90 Å². The van der Waals surface area contributed by atoms with Gasteiger partial charge in [-0.1, -0.05) is 12.1 Å². The number of piperidine rings is 1.